The summed E-state index contributed by atoms with van der Waals surface area (Å²) in [6, 6.07) is 3.37. The zero-order valence-electron chi connectivity index (χ0n) is 15.2. The van der Waals surface area contributed by atoms with Crippen LogP contribution >= 0.6 is 0 Å². The average molecular weight is 356 g/mol. The van der Waals surface area contributed by atoms with Gasteiger partial charge in [0.15, 0.2) is 0 Å². The lowest BCUT2D eigenvalue weighted by atomic mass is 9.99. The number of fused-ring (bicyclic) bond motifs is 1. The number of nitrogens with zero attached hydrogens (tertiary/aromatic N) is 4. The summed E-state index contributed by atoms with van der Waals surface area (Å²) in [5.74, 6) is 0.986. The Kier molecular flexibility index (Phi) is 4.63. The summed E-state index contributed by atoms with van der Waals surface area (Å²) < 4.78 is 12.8. The highest BCUT2D eigenvalue weighted by atomic mass is 16.5. The second kappa shape index (κ2) is 7.07. The molecule has 0 saturated heterocycles. The number of pyridine rings is 1. The van der Waals surface area contributed by atoms with E-state index in [0.717, 1.165) is 18.7 Å². The smallest absolute Gasteiger partial charge is 0.260 e. The quantitative estimate of drug-likeness (QED) is 0.793. The Morgan fingerprint density at radius 3 is 2.92 bits per heavy atom. The van der Waals surface area contributed by atoms with Gasteiger partial charge in [-0.25, -0.2) is 4.98 Å². The van der Waals surface area contributed by atoms with Crippen LogP contribution in [-0.4, -0.2) is 52.9 Å². The van der Waals surface area contributed by atoms with Gasteiger partial charge in [-0.3, -0.25) is 9.48 Å². The maximum absolute atomic E-state index is 13.3. The minimum atomic E-state index is -0.151. The first-order valence-electron chi connectivity index (χ1n) is 9.06. The molecule has 0 radical (unpaired) electrons. The zero-order chi connectivity index (χ0) is 18.1. The minimum Gasteiger partial charge on any atom is -0.480 e. The second-order valence-electron chi connectivity index (χ2n) is 6.96. The zero-order valence-corrected chi connectivity index (χ0v) is 15.2. The van der Waals surface area contributed by atoms with E-state index in [-0.39, 0.29) is 11.9 Å². The van der Waals surface area contributed by atoms with E-state index < -0.39 is 0 Å². The van der Waals surface area contributed by atoms with Gasteiger partial charge in [-0.15, -0.1) is 0 Å². The lowest BCUT2D eigenvalue weighted by Crippen LogP contribution is -2.43. The molecular formula is C19H24N4O3. The molecule has 1 amide bonds. The molecule has 0 aromatic carbocycles. The fourth-order valence-electron chi connectivity index (χ4n) is 3.69. The standard InChI is InChI=1S/C19H24N4O3/c1-25-12-16-17-14(10-21-23(17)11-13-5-6-13)7-9-22(16)19(24)15-4-3-8-20-18(15)26-2/h3-4,8,10,13,16H,5-7,9,11-12H2,1-2H3/t16-/m1/s1. The summed E-state index contributed by atoms with van der Waals surface area (Å²) in [5.41, 5.74) is 2.81. The molecule has 2 aromatic heterocycles. The van der Waals surface area contributed by atoms with E-state index >= 15 is 0 Å². The van der Waals surface area contributed by atoms with Crippen molar-refractivity contribution in [3.63, 3.8) is 0 Å². The Balaban J connectivity index is 1.68. The van der Waals surface area contributed by atoms with Crippen LogP contribution in [0.4, 0.5) is 0 Å². The van der Waals surface area contributed by atoms with Gasteiger partial charge in [-0.2, -0.15) is 5.10 Å². The first-order chi connectivity index (χ1) is 12.7. The molecule has 0 unspecified atom stereocenters. The maximum atomic E-state index is 13.3. The van der Waals surface area contributed by atoms with Gasteiger partial charge in [0, 0.05) is 26.4 Å². The average Bonchev–Trinajstić information content (AvgIpc) is 3.40. The molecule has 1 aliphatic heterocycles. The van der Waals surface area contributed by atoms with Crippen molar-refractivity contribution in [3.05, 3.63) is 41.3 Å². The normalized spacial score (nSPS) is 19.3. The molecule has 3 heterocycles. The van der Waals surface area contributed by atoms with Crippen LogP contribution < -0.4 is 4.74 Å². The molecule has 7 nitrogen and oxygen atoms in total. The molecule has 0 spiro atoms. The van der Waals surface area contributed by atoms with E-state index in [0.29, 0.717) is 30.5 Å². The van der Waals surface area contributed by atoms with Crippen LogP contribution in [0.3, 0.4) is 0 Å². The molecule has 26 heavy (non-hydrogen) atoms. The molecule has 1 aliphatic carbocycles. The highest BCUT2D eigenvalue weighted by molar-refractivity contribution is 5.96. The first kappa shape index (κ1) is 17.0. The maximum Gasteiger partial charge on any atom is 0.260 e. The summed E-state index contributed by atoms with van der Waals surface area (Å²) in [5, 5.41) is 4.60. The van der Waals surface area contributed by atoms with E-state index in [1.54, 1.807) is 25.4 Å². The number of ether oxygens (including phenoxy) is 2. The Morgan fingerprint density at radius 1 is 1.35 bits per heavy atom. The van der Waals surface area contributed by atoms with Gasteiger partial charge in [0.25, 0.3) is 5.91 Å². The van der Waals surface area contributed by atoms with Crippen LogP contribution in [0, 0.1) is 5.92 Å². The summed E-state index contributed by atoms with van der Waals surface area (Å²) in [7, 11) is 3.20. The lowest BCUT2D eigenvalue weighted by molar-refractivity contribution is 0.0478. The Labute approximate surface area is 152 Å². The van der Waals surface area contributed by atoms with Gasteiger partial charge in [0.1, 0.15) is 5.56 Å². The highest BCUT2D eigenvalue weighted by Crippen LogP contribution is 2.36. The number of hydrogen-bond acceptors (Lipinski definition) is 5. The van der Waals surface area contributed by atoms with E-state index in [4.69, 9.17) is 9.47 Å². The number of amides is 1. The van der Waals surface area contributed by atoms with E-state index in [9.17, 15) is 4.79 Å². The van der Waals surface area contributed by atoms with Crippen LogP contribution in [-0.2, 0) is 17.7 Å². The predicted molar refractivity (Wildman–Crippen MR) is 95.1 cm³/mol. The predicted octanol–water partition coefficient (Wildman–Crippen LogP) is 2.08. The summed E-state index contributed by atoms with van der Waals surface area (Å²) in [6.45, 7) is 2.00. The largest absolute Gasteiger partial charge is 0.480 e. The van der Waals surface area contributed by atoms with E-state index in [1.165, 1.54) is 25.5 Å². The van der Waals surface area contributed by atoms with Gasteiger partial charge in [-0.1, -0.05) is 0 Å². The van der Waals surface area contributed by atoms with Crippen LogP contribution in [0.15, 0.2) is 24.5 Å². The van der Waals surface area contributed by atoms with Gasteiger partial charge in [0.05, 0.1) is 31.6 Å². The molecule has 1 atom stereocenters. The van der Waals surface area contributed by atoms with E-state index in [2.05, 4.69) is 14.8 Å². The Hall–Kier alpha value is -2.41. The highest BCUT2D eigenvalue weighted by Gasteiger charge is 2.36. The van der Waals surface area contributed by atoms with Gasteiger partial charge in [-0.05, 0) is 42.9 Å². The van der Waals surface area contributed by atoms with Crippen molar-refractivity contribution in [1.82, 2.24) is 19.7 Å². The lowest BCUT2D eigenvalue weighted by Gasteiger charge is -2.36. The summed E-state index contributed by atoms with van der Waals surface area (Å²) in [4.78, 5) is 19.3. The van der Waals surface area contributed by atoms with E-state index in [1.807, 2.05) is 11.1 Å². The molecule has 7 heteroatoms. The SMILES string of the molecule is COC[C@@H]1c2c(cnn2CC2CC2)CCN1C(=O)c1cccnc1OC. The van der Waals surface area contributed by atoms with Crippen molar-refractivity contribution in [2.24, 2.45) is 5.92 Å². The van der Waals surface area contributed by atoms with Crippen LogP contribution in [0.2, 0.25) is 0 Å². The summed E-state index contributed by atoms with van der Waals surface area (Å²) >= 11 is 0. The Bertz CT molecular complexity index is 800. The topological polar surface area (TPSA) is 69.5 Å². The molecule has 2 aromatic rings. The number of carbonyl (C=O) groups excluding carboxylic acids is 1. The van der Waals surface area contributed by atoms with Crippen molar-refractivity contribution in [1.29, 1.82) is 0 Å². The van der Waals surface area contributed by atoms with Crippen molar-refractivity contribution >= 4 is 5.91 Å². The summed E-state index contributed by atoms with van der Waals surface area (Å²) in [6.07, 6.45) is 6.90. The molecule has 2 aliphatic rings. The minimum absolute atomic E-state index is 0.0816. The van der Waals surface area contributed by atoms with Crippen molar-refractivity contribution in [3.8, 4) is 5.88 Å². The number of carbonyl (C=O) groups is 1. The Morgan fingerprint density at radius 2 is 2.19 bits per heavy atom. The third-order valence-electron chi connectivity index (χ3n) is 5.18. The molecule has 1 saturated carbocycles. The van der Waals surface area contributed by atoms with Gasteiger partial charge >= 0.3 is 0 Å². The van der Waals surface area contributed by atoms with Crippen molar-refractivity contribution in [2.75, 3.05) is 27.4 Å². The fourth-order valence-corrected chi connectivity index (χ4v) is 3.69. The van der Waals surface area contributed by atoms with Crippen LogP contribution in [0.1, 0.15) is 40.5 Å². The van der Waals surface area contributed by atoms with Crippen LogP contribution in [0.5, 0.6) is 5.88 Å². The number of methoxy groups -OCH3 is 2. The van der Waals surface area contributed by atoms with Gasteiger partial charge in [0.2, 0.25) is 5.88 Å². The third-order valence-corrected chi connectivity index (χ3v) is 5.18. The third kappa shape index (κ3) is 3.07. The van der Waals surface area contributed by atoms with Crippen molar-refractivity contribution in [2.45, 2.75) is 31.8 Å². The number of hydrogen-bond donors (Lipinski definition) is 0. The fraction of sp³-hybridized carbons (Fsp3) is 0.526. The molecule has 0 N–H and O–H groups in total. The number of aromatic nitrogens is 3. The molecule has 4 rings (SSSR count). The van der Waals surface area contributed by atoms with Crippen LogP contribution in [0.25, 0.3) is 0 Å². The molecule has 138 valence electrons. The monoisotopic (exact) mass is 356 g/mol. The number of rotatable bonds is 6. The molecular weight excluding hydrogens is 332 g/mol. The van der Waals surface area contributed by atoms with Gasteiger partial charge < -0.3 is 14.4 Å². The first-order valence-corrected chi connectivity index (χ1v) is 9.06. The second-order valence-corrected chi connectivity index (χ2v) is 6.96. The molecule has 0 bridgehead atoms. The molecule has 1 fully saturated rings. The van der Waals surface area contributed by atoms with Crippen molar-refractivity contribution < 1.29 is 14.3 Å².